The highest BCUT2D eigenvalue weighted by Gasteiger charge is 2.15. The van der Waals surface area contributed by atoms with Gasteiger partial charge in [0.25, 0.3) is 0 Å². The van der Waals surface area contributed by atoms with Gasteiger partial charge in [0.1, 0.15) is 0 Å². The van der Waals surface area contributed by atoms with Crippen LogP contribution in [0.25, 0.3) is 0 Å². The van der Waals surface area contributed by atoms with E-state index in [-0.39, 0.29) is 12.1 Å². The third kappa shape index (κ3) is 5.55. The molecule has 0 aliphatic carbocycles. The number of carbonyl (C=O) groups excluding carboxylic acids is 1. The van der Waals surface area contributed by atoms with Crippen LogP contribution in [-0.4, -0.2) is 31.6 Å². The molecule has 2 aromatic carbocycles. The van der Waals surface area contributed by atoms with Gasteiger partial charge >= 0.3 is 6.03 Å². The summed E-state index contributed by atoms with van der Waals surface area (Å²) in [6.07, 6.45) is 0. The number of likely N-dealkylation sites (N-methyl/N-ethyl adjacent to an activating group) is 1. The number of nitrogens with one attached hydrogen (secondary N) is 2. The summed E-state index contributed by atoms with van der Waals surface area (Å²) in [5.41, 5.74) is 3.38. The van der Waals surface area contributed by atoms with E-state index in [1.807, 2.05) is 38.4 Å². The van der Waals surface area contributed by atoms with Crippen LogP contribution in [-0.2, 0) is 6.54 Å². The Morgan fingerprint density at radius 1 is 1.12 bits per heavy atom. The Morgan fingerprint density at radius 2 is 1.83 bits per heavy atom. The van der Waals surface area contributed by atoms with Crippen LogP contribution in [0.2, 0.25) is 5.02 Å². The van der Waals surface area contributed by atoms with Gasteiger partial charge in [0, 0.05) is 18.1 Å². The largest absolute Gasteiger partial charge is 0.336 e. The Bertz CT molecular complexity index is 671. The number of rotatable bonds is 6. The van der Waals surface area contributed by atoms with E-state index in [0.29, 0.717) is 18.1 Å². The summed E-state index contributed by atoms with van der Waals surface area (Å²) >= 11 is 5.94. The molecule has 0 spiro atoms. The Hall–Kier alpha value is -2.04. The first-order valence-electron chi connectivity index (χ1n) is 7.95. The lowest BCUT2D eigenvalue weighted by atomic mass is 10.0. The molecule has 128 valence electrons. The van der Waals surface area contributed by atoms with Crippen molar-refractivity contribution in [3.05, 3.63) is 70.2 Å². The molecule has 0 radical (unpaired) electrons. The summed E-state index contributed by atoms with van der Waals surface area (Å²) in [6, 6.07) is 15.8. The quantitative estimate of drug-likeness (QED) is 0.837. The minimum absolute atomic E-state index is 0.127. The standard InChI is InChI=1S/C19H24ClN3O/c1-14-7-9-16(10-8-14)18(23(2)3)13-22-19(24)21-12-15-5-4-6-17(20)11-15/h4-11,18H,12-13H2,1-3H3,(H2,21,22,24). The molecule has 2 amide bonds. The summed E-state index contributed by atoms with van der Waals surface area (Å²) in [6.45, 7) is 3.05. The van der Waals surface area contributed by atoms with Gasteiger partial charge in [-0.2, -0.15) is 0 Å². The molecule has 0 bridgehead atoms. The van der Waals surface area contributed by atoms with E-state index < -0.39 is 0 Å². The number of hydrogen-bond acceptors (Lipinski definition) is 2. The predicted molar refractivity (Wildman–Crippen MR) is 99.3 cm³/mol. The van der Waals surface area contributed by atoms with E-state index in [9.17, 15) is 4.79 Å². The fourth-order valence-electron chi connectivity index (χ4n) is 2.47. The van der Waals surface area contributed by atoms with Gasteiger partial charge in [-0.15, -0.1) is 0 Å². The average molecular weight is 346 g/mol. The fourth-order valence-corrected chi connectivity index (χ4v) is 2.68. The van der Waals surface area contributed by atoms with E-state index in [0.717, 1.165) is 5.56 Å². The molecular weight excluding hydrogens is 322 g/mol. The molecule has 2 N–H and O–H groups in total. The molecule has 0 aliphatic rings. The van der Waals surface area contributed by atoms with Crippen LogP contribution in [0.4, 0.5) is 4.79 Å². The van der Waals surface area contributed by atoms with Gasteiger partial charge in [-0.3, -0.25) is 0 Å². The second kappa shape index (κ2) is 8.71. The highest BCUT2D eigenvalue weighted by molar-refractivity contribution is 6.30. The van der Waals surface area contributed by atoms with Crippen LogP contribution in [0.15, 0.2) is 48.5 Å². The monoisotopic (exact) mass is 345 g/mol. The summed E-state index contributed by atoms with van der Waals surface area (Å²) in [5.74, 6) is 0. The number of urea groups is 1. The summed E-state index contributed by atoms with van der Waals surface area (Å²) < 4.78 is 0. The Balaban J connectivity index is 1.87. The van der Waals surface area contributed by atoms with Gasteiger partial charge in [0.05, 0.1) is 6.04 Å². The summed E-state index contributed by atoms with van der Waals surface area (Å²) in [7, 11) is 4.02. The lowest BCUT2D eigenvalue weighted by Crippen LogP contribution is -2.40. The molecule has 2 aromatic rings. The minimum Gasteiger partial charge on any atom is -0.336 e. The first-order valence-corrected chi connectivity index (χ1v) is 8.32. The molecule has 2 rings (SSSR count). The number of nitrogens with zero attached hydrogens (tertiary/aromatic N) is 1. The zero-order valence-electron chi connectivity index (χ0n) is 14.3. The van der Waals surface area contributed by atoms with Crippen molar-refractivity contribution in [2.75, 3.05) is 20.6 Å². The van der Waals surface area contributed by atoms with E-state index >= 15 is 0 Å². The van der Waals surface area contributed by atoms with Crippen LogP contribution >= 0.6 is 11.6 Å². The number of halogens is 1. The molecule has 1 unspecified atom stereocenters. The maximum absolute atomic E-state index is 12.0. The molecule has 0 saturated heterocycles. The third-order valence-corrected chi connectivity index (χ3v) is 4.12. The lowest BCUT2D eigenvalue weighted by Gasteiger charge is -2.25. The zero-order chi connectivity index (χ0) is 17.5. The number of carbonyl (C=O) groups is 1. The van der Waals surface area contributed by atoms with Gasteiger partial charge in [-0.1, -0.05) is 53.6 Å². The second-order valence-corrected chi connectivity index (χ2v) is 6.52. The number of amides is 2. The van der Waals surface area contributed by atoms with Gasteiger partial charge in [-0.25, -0.2) is 4.79 Å². The molecule has 0 saturated carbocycles. The molecule has 0 fully saturated rings. The first-order chi connectivity index (χ1) is 11.5. The van der Waals surface area contributed by atoms with Crippen molar-refractivity contribution in [3.8, 4) is 0 Å². The Morgan fingerprint density at radius 3 is 2.46 bits per heavy atom. The fraction of sp³-hybridized carbons (Fsp3) is 0.316. The molecule has 0 aliphatic heterocycles. The van der Waals surface area contributed by atoms with E-state index in [1.54, 1.807) is 0 Å². The third-order valence-electron chi connectivity index (χ3n) is 3.88. The van der Waals surface area contributed by atoms with Crippen LogP contribution < -0.4 is 10.6 Å². The SMILES string of the molecule is Cc1ccc(C(CNC(=O)NCc2cccc(Cl)c2)N(C)C)cc1. The number of aryl methyl sites for hydroxylation is 1. The summed E-state index contributed by atoms with van der Waals surface area (Å²) in [5, 5.41) is 6.46. The van der Waals surface area contributed by atoms with Crippen LogP contribution in [0.5, 0.6) is 0 Å². The predicted octanol–water partition coefficient (Wildman–Crippen LogP) is 3.75. The van der Waals surface area contributed by atoms with Crippen molar-refractivity contribution in [2.45, 2.75) is 19.5 Å². The van der Waals surface area contributed by atoms with Crippen molar-refractivity contribution in [3.63, 3.8) is 0 Å². The van der Waals surface area contributed by atoms with Gasteiger partial charge in [0.2, 0.25) is 0 Å². The molecule has 0 heterocycles. The highest BCUT2D eigenvalue weighted by Crippen LogP contribution is 2.17. The van der Waals surface area contributed by atoms with Gasteiger partial charge < -0.3 is 15.5 Å². The van der Waals surface area contributed by atoms with Crippen LogP contribution in [0.1, 0.15) is 22.7 Å². The van der Waals surface area contributed by atoms with Crippen molar-refractivity contribution < 1.29 is 4.79 Å². The number of hydrogen-bond donors (Lipinski definition) is 2. The molecule has 4 nitrogen and oxygen atoms in total. The maximum atomic E-state index is 12.0. The Labute approximate surface area is 148 Å². The van der Waals surface area contributed by atoms with Crippen molar-refractivity contribution >= 4 is 17.6 Å². The van der Waals surface area contributed by atoms with Crippen molar-refractivity contribution in [1.82, 2.24) is 15.5 Å². The molecule has 1 atom stereocenters. The Kier molecular flexibility index (Phi) is 6.64. The van der Waals surface area contributed by atoms with Crippen molar-refractivity contribution in [2.24, 2.45) is 0 Å². The smallest absolute Gasteiger partial charge is 0.315 e. The van der Waals surface area contributed by atoms with Crippen LogP contribution in [0, 0.1) is 6.92 Å². The maximum Gasteiger partial charge on any atom is 0.315 e. The topological polar surface area (TPSA) is 44.4 Å². The first kappa shape index (κ1) is 18.3. The van der Waals surface area contributed by atoms with E-state index in [4.69, 9.17) is 11.6 Å². The second-order valence-electron chi connectivity index (χ2n) is 6.08. The normalized spacial score (nSPS) is 12.0. The minimum atomic E-state index is -0.186. The summed E-state index contributed by atoms with van der Waals surface area (Å²) in [4.78, 5) is 14.1. The molecular formula is C19H24ClN3O. The molecule has 0 aromatic heterocycles. The lowest BCUT2D eigenvalue weighted by molar-refractivity contribution is 0.232. The van der Waals surface area contributed by atoms with Gasteiger partial charge in [0.15, 0.2) is 0 Å². The van der Waals surface area contributed by atoms with E-state index in [2.05, 4.69) is 46.7 Å². The van der Waals surface area contributed by atoms with Crippen molar-refractivity contribution in [1.29, 1.82) is 0 Å². The molecule has 5 heteroatoms. The zero-order valence-corrected chi connectivity index (χ0v) is 15.1. The van der Waals surface area contributed by atoms with E-state index in [1.165, 1.54) is 11.1 Å². The molecule has 24 heavy (non-hydrogen) atoms. The van der Waals surface area contributed by atoms with Gasteiger partial charge in [-0.05, 0) is 44.3 Å². The van der Waals surface area contributed by atoms with Crippen LogP contribution in [0.3, 0.4) is 0 Å². The highest BCUT2D eigenvalue weighted by atomic mass is 35.5. The average Bonchev–Trinajstić information content (AvgIpc) is 2.54. The number of benzene rings is 2.